The van der Waals surface area contributed by atoms with Crippen LogP contribution in [0, 0.1) is 0 Å². The average Bonchev–Trinajstić information content (AvgIpc) is 2.74. The Hall–Kier alpha value is -3.79. The highest BCUT2D eigenvalue weighted by atomic mass is 15.2. The molecule has 0 saturated carbocycles. The summed E-state index contributed by atoms with van der Waals surface area (Å²) in [5, 5.41) is 6.89. The van der Waals surface area contributed by atoms with E-state index in [4.69, 9.17) is 10.7 Å². The Labute approximate surface area is 165 Å². The zero-order valence-electron chi connectivity index (χ0n) is 15.5. The monoisotopic (exact) mass is 366 g/mol. The third-order valence-corrected chi connectivity index (χ3v) is 4.61. The summed E-state index contributed by atoms with van der Waals surface area (Å²) in [5.41, 5.74) is 11.3. The summed E-state index contributed by atoms with van der Waals surface area (Å²) in [6.45, 7) is 4.18. The predicted octanol–water partition coefficient (Wildman–Crippen LogP) is 4.66. The number of allylic oxidation sites excluding steroid dienone is 2. The van der Waals surface area contributed by atoms with Crippen LogP contribution in [0.4, 0.5) is 5.69 Å². The molecule has 28 heavy (non-hydrogen) atoms. The molecule has 3 aromatic carbocycles. The maximum atomic E-state index is 6.29. The van der Waals surface area contributed by atoms with Gasteiger partial charge in [0, 0.05) is 16.8 Å². The lowest BCUT2D eigenvalue weighted by Gasteiger charge is -2.25. The van der Waals surface area contributed by atoms with Crippen LogP contribution in [0.1, 0.15) is 22.9 Å². The van der Waals surface area contributed by atoms with Gasteiger partial charge >= 0.3 is 0 Å². The predicted molar refractivity (Wildman–Crippen MR) is 117 cm³/mol. The molecule has 138 valence electrons. The van der Waals surface area contributed by atoms with Crippen molar-refractivity contribution >= 4 is 17.1 Å². The van der Waals surface area contributed by atoms with Crippen LogP contribution in [-0.2, 0) is 0 Å². The number of rotatable bonds is 5. The van der Waals surface area contributed by atoms with Crippen LogP contribution in [0.15, 0.2) is 108 Å². The molecule has 3 aromatic rings. The number of hydrogen-bond donors (Lipinski definition) is 3. The number of anilines is 1. The van der Waals surface area contributed by atoms with E-state index in [1.54, 1.807) is 0 Å². The van der Waals surface area contributed by atoms with Crippen molar-refractivity contribution in [3.8, 4) is 0 Å². The molecule has 0 radical (unpaired) electrons. The van der Waals surface area contributed by atoms with Gasteiger partial charge in [-0.15, -0.1) is 0 Å². The topological polar surface area (TPSA) is 62.4 Å². The van der Waals surface area contributed by atoms with Crippen LogP contribution < -0.4 is 16.4 Å². The fraction of sp³-hybridized carbons (Fsp3) is 0.0417. The first-order valence-corrected chi connectivity index (χ1v) is 9.18. The van der Waals surface area contributed by atoms with Gasteiger partial charge in [-0.25, -0.2) is 4.99 Å². The molecular weight excluding hydrogens is 344 g/mol. The molecule has 0 aromatic heterocycles. The first-order chi connectivity index (χ1) is 13.7. The molecule has 1 aliphatic heterocycles. The molecule has 1 unspecified atom stereocenters. The first kappa shape index (κ1) is 17.6. The molecule has 0 aliphatic carbocycles. The zero-order chi connectivity index (χ0) is 19.3. The molecule has 4 rings (SSSR count). The minimum atomic E-state index is -0.335. The summed E-state index contributed by atoms with van der Waals surface area (Å²) < 4.78 is 0. The van der Waals surface area contributed by atoms with Crippen molar-refractivity contribution in [2.45, 2.75) is 6.17 Å². The van der Waals surface area contributed by atoms with Gasteiger partial charge in [-0.05, 0) is 23.3 Å². The van der Waals surface area contributed by atoms with E-state index in [-0.39, 0.29) is 6.17 Å². The quantitative estimate of drug-likeness (QED) is 0.454. The molecule has 0 amide bonds. The maximum Gasteiger partial charge on any atom is 0.148 e. The van der Waals surface area contributed by atoms with Gasteiger partial charge in [0.25, 0.3) is 0 Å². The smallest absolute Gasteiger partial charge is 0.148 e. The standard InChI is InChI=1S/C24H22N4/c1-17-16-22(26-21-15-9-8-14-20(17)21)27-24(19-12-6-3-7-13-19)28-23(25)18-10-4-2-5-11-18/h2-16,24,26-27H,1H2,(H2,25,28). The third kappa shape index (κ3) is 3.81. The molecule has 0 saturated heterocycles. The van der Waals surface area contributed by atoms with Gasteiger partial charge in [-0.2, -0.15) is 0 Å². The second-order valence-corrected chi connectivity index (χ2v) is 6.59. The minimum Gasteiger partial charge on any atom is -0.383 e. The molecule has 1 heterocycles. The van der Waals surface area contributed by atoms with E-state index in [1.165, 1.54) is 0 Å². The Bertz CT molecular complexity index is 1040. The van der Waals surface area contributed by atoms with Crippen molar-refractivity contribution in [2.24, 2.45) is 10.7 Å². The summed E-state index contributed by atoms with van der Waals surface area (Å²) in [6.07, 6.45) is 1.66. The number of nitrogens with zero attached hydrogens (tertiary/aromatic N) is 1. The van der Waals surface area contributed by atoms with E-state index in [2.05, 4.69) is 23.3 Å². The van der Waals surface area contributed by atoms with E-state index >= 15 is 0 Å². The van der Waals surface area contributed by atoms with Gasteiger partial charge in [0.15, 0.2) is 0 Å². The number of nitrogens with one attached hydrogen (secondary N) is 2. The average molecular weight is 366 g/mol. The van der Waals surface area contributed by atoms with Crippen LogP contribution in [0.2, 0.25) is 0 Å². The molecular formula is C24H22N4. The summed E-state index contributed by atoms with van der Waals surface area (Å²) >= 11 is 0. The summed E-state index contributed by atoms with van der Waals surface area (Å²) in [7, 11) is 0. The normalized spacial score (nSPS) is 14.5. The number of hydrogen-bond acceptors (Lipinski definition) is 3. The highest BCUT2D eigenvalue weighted by Gasteiger charge is 2.17. The number of benzene rings is 3. The molecule has 4 nitrogen and oxygen atoms in total. The second-order valence-electron chi connectivity index (χ2n) is 6.59. The number of aliphatic imine (C=N–C) groups is 1. The summed E-state index contributed by atoms with van der Waals surface area (Å²) in [6, 6.07) is 27.9. The third-order valence-electron chi connectivity index (χ3n) is 4.61. The fourth-order valence-corrected chi connectivity index (χ4v) is 3.18. The Morgan fingerprint density at radius 2 is 1.54 bits per heavy atom. The van der Waals surface area contributed by atoms with Gasteiger partial charge in [0.2, 0.25) is 0 Å². The molecule has 4 N–H and O–H groups in total. The Morgan fingerprint density at radius 3 is 2.29 bits per heavy atom. The van der Waals surface area contributed by atoms with Crippen molar-refractivity contribution in [2.75, 3.05) is 5.32 Å². The van der Waals surface area contributed by atoms with Crippen molar-refractivity contribution in [1.82, 2.24) is 5.32 Å². The molecule has 1 atom stereocenters. The Morgan fingerprint density at radius 1 is 0.893 bits per heavy atom. The lowest BCUT2D eigenvalue weighted by Crippen LogP contribution is -2.28. The Kier molecular flexibility index (Phi) is 4.93. The largest absolute Gasteiger partial charge is 0.383 e. The first-order valence-electron chi connectivity index (χ1n) is 9.18. The van der Waals surface area contributed by atoms with E-state index in [0.717, 1.165) is 33.8 Å². The lowest BCUT2D eigenvalue weighted by atomic mass is 10.0. The van der Waals surface area contributed by atoms with E-state index in [0.29, 0.717) is 5.84 Å². The SMILES string of the molecule is C=C1C=C(NC(N=C(N)c2ccccc2)c2ccccc2)Nc2ccccc21. The summed E-state index contributed by atoms with van der Waals surface area (Å²) in [5.74, 6) is 1.32. The van der Waals surface area contributed by atoms with Gasteiger partial charge in [0.1, 0.15) is 17.8 Å². The molecule has 0 spiro atoms. The summed E-state index contributed by atoms with van der Waals surface area (Å²) in [4.78, 5) is 4.76. The zero-order valence-corrected chi connectivity index (χ0v) is 15.5. The molecule has 4 heteroatoms. The maximum absolute atomic E-state index is 6.29. The number of amidine groups is 1. The highest BCUT2D eigenvalue weighted by molar-refractivity contribution is 5.97. The van der Waals surface area contributed by atoms with Crippen LogP contribution in [-0.4, -0.2) is 5.84 Å². The molecule has 1 aliphatic rings. The van der Waals surface area contributed by atoms with Crippen molar-refractivity contribution < 1.29 is 0 Å². The Balaban J connectivity index is 1.65. The van der Waals surface area contributed by atoms with E-state index < -0.39 is 0 Å². The van der Waals surface area contributed by atoms with Crippen LogP contribution in [0.5, 0.6) is 0 Å². The van der Waals surface area contributed by atoms with Gasteiger partial charge in [-0.3, -0.25) is 0 Å². The highest BCUT2D eigenvalue weighted by Crippen LogP contribution is 2.30. The number of nitrogens with two attached hydrogens (primary N) is 1. The molecule has 0 fully saturated rings. The van der Waals surface area contributed by atoms with E-state index in [1.807, 2.05) is 84.9 Å². The molecule has 0 bridgehead atoms. The second kappa shape index (κ2) is 7.84. The van der Waals surface area contributed by atoms with Gasteiger partial charge < -0.3 is 16.4 Å². The van der Waals surface area contributed by atoms with Crippen molar-refractivity contribution in [3.63, 3.8) is 0 Å². The van der Waals surface area contributed by atoms with E-state index in [9.17, 15) is 0 Å². The number of fused-ring (bicyclic) bond motifs is 1. The minimum absolute atomic E-state index is 0.335. The number of para-hydroxylation sites is 1. The van der Waals surface area contributed by atoms with Crippen molar-refractivity contribution in [3.05, 3.63) is 120 Å². The fourth-order valence-electron chi connectivity index (χ4n) is 3.18. The van der Waals surface area contributed by atoms with Crippen LogP contribution in [0.3, 0.4) is 0 Å². The van der Waals surface area contributed by atoms with Crippen LogP contribution in [0.25, 0.3) is 5.57 Å². The lowest BCUT2D eigenvalue weighted by molar-refractivity contribution is 0.629. The van der Waals surface area contributed by atoms with Gasteiger partial charge in [-0.1, -0.05) is 85.4 Å². The van der Waals surface area contributed by atoms with Crippen LogP contribution >= 0.6 is 0 Å². The van der Waals surface area contributed by atoms with Crippen molar-refractivity contribution in [1.29, 1.82) is 0 Å². The van der Waals surface area contributed by atoms with Gasteiger partial charge in [0.05, 0.1) is 0 Å².